The Morgan fingerprint density at radius 1 is 0.960 bits per heavy atom. The van der Waals surface area contributed by atoms with E-state index in [9.17, 15) is 9.59 Å². The Kier molecular flexibility index (Phi) is 2.74. The van der Waals surface area contributed by atoms with Crippen LogP contribution in [0.3, 0.4) is 0 Å². The van der Waals surface area contributed by atoms with Gasteiger partial charge in [-0.3, -0.25) is 9.59 Å². The van der Waals surface area contributed by atoms with Crippen LogP contribution in [-0.2, 0) is 15.3 Å². The van der Waals surface area contributed by atoms with E-state index in [-0.39, 0.29) is 17.3 Å². The highest BCUT2D eigenvalue weighted by Gasteiger charge is 2.57. The minimum atomic E-state index is -1.18. The number of rotatable bonds is 1. The van der Waals surface area contributed by atoms with Gasteiger partial charge in [-0.1, -0.05) is 60.7 Å². The van der Waals surface area contributed by atoms with Crippen molar-refractivity contribution in [3.05, 3.63) is 88.2 Å². The maximum absolute atomic E-state index is 13.1. The van der Waals surface area contributed by atoms with Crippen molar-refractivity contribution in [1.82, 2.24) is 0 Å². The zero-order valence-corrected chi connectivity index (χ0v) is 13.5. The Balaban J connectivity index is 1.74. The van der Waals surface area contributed by atoms with Crippen molar-refractivity contribution < 1.29 is 19.1 Å². The van der Waals surface area contributed by atoms with Crippen LogP contribution < -0.4 is 0 Å². The molecule has 0 N–H and O–H groups in total. The smallest absolute Gasteiger partial charge is 0.248 e. The molecular formula is C21H14O4. The van der Waals surface area contributed by atoms with Gasteiger partial charge in [-0.15, -0.1) is 0 Å². The number of allylic oxidation sites excluding steroid dienone is 1. The first-order valence-electron chi connectivity index (χ1n) is 8.12. The predicted molar refractivity (Wildman–Crippen MR) is 90.9 cm³/mol. The van der Waals surface area contributed by atoms with Crippen LogP contribution in [0.1, 0.15) is 31.8 Å². The van der Waals surface area contributed by atoms with Crippen molar-refractivity contribution in [2.45, 2.75) is 5.79 Å². The van der Waals surface area contributed by atoms with Crippen LogP contribution in [0, 0.1) is 5.92 Å². The number of carbonyl (C=O) groups excluding carboxylic acids is 2. The highest BCUT2D eigenvalue weighted by atomic mass is 16.7. The monoisotopic (exact) mass is 330 g/mol. The average molecular weight is 330 g/mol. The van der Waals surface area contributed by atoms with Crippen LogP contribution in [0.2, 0.25) is 0 Å². The van der Waals surface area contributed by atoms with E-state index in [0.717, 1.165) is 11.1 Å². The van der Waals surface area contributed by atoms with E-state index in [2.05, 4.69) is 0 Å². The molecule has 0 unspecified atom stereocenters. The van der Waals surface area contributed by atoms with Crippen LogP contribution in [0.15, 0.2) is 65.9 Å². The van der Waals surface area contributed by atoms with E-state index in [1.165, 1.54) is 0 Å². The molecule has 25 heavy (non-hydrogen) atoms. The fourth-order valence-electron chi connectivity index (χ4n) is 4.04. The molecule has 2 aromatic carbocycles. The fraction of sp³-hybridized carbons (Fsp3) is 0.143. The summed E-state index contributed by atoms with van der Waals surface area (Å²) >= 11 is 0. The Morgan fingerprint density at radius 3 is 2.40 bits per heavy atom. The van der Waals surface area contributed by atoms with E-state index in [0.29, 0.717) is 16.7 Å². The second kappa shape index (κ2) is 4.77. The molecule has 4 heteroatoms. The van der Waals surface area contributed by atoms with Crippen molar-refractivity contribution in [3.63, 3.8) is 0 Å². The summed E-state index contributed by atoms with van der Waals surface area (Å²) in [5, 5.41) is 0. The van der Waals surface area contributed by atoms with Gasteiger partial charge in [0.25, 0.3) is 0 Å². The maximum atomic E-state index is 13.1. The van der Waals surface area contributed by atoms with Crippen molar-refractivity contribution >= 4 is 17.6 Å². The highest BCUT2D eigenvalue weighted by Crippen LogP contribution is 2.54. The van der Waals surface area contributed by atoms with Crippen LogP contribution in [0.25, 0.3) is 6.08 Å². The highest BCUT2D eigenvalue weighted by molar-refractivity contribution is 6.27. The lowest BCUT2D eigenvalue weighted by atomic mass is 9.76. The van der Waals surface area contributed by atoms with Crippen molar-refractivity contribution in [1.29, 1.82) is 0 Å². The minimum absolute atomic E-state index is 0.108. The lowest BCUT2D eigenvalue weighted by molar-refractivity contribution is -0.208. The minimum Gasteiger partial charge on any atom is -0.452 e. The lowest BCUT2D eigenvalue weighted by Crippen LogP contribution is -2.38. The zero-order chi connectivity index (χ0) is 17.2. The van der Waals surface area contributed by atoms with Gasteiger partial charge in [0.15, 0.2) is 11.5 Å². The van der Waals surface area contributed by atoms with Crippen molar-refractivity contribution in [2.75, 3.05) is 7.11 Å². The quantitative estimate of drug-likeness (QED) is 0.803. The first-order valence-corrected chi connectivity index (χ1v) is 8.12. The second-order valence-electron chi connectivity index (χ2n) is 6.34. The predicted octanol–water partition coefficient (Wildman–Crippen LogP) is 3.49. The molecule has 2 atom stereocenters. The Labute approximate surface area is 144 Å². The van der Waals surface area contributed by atoms with Crippen molar-refractivity contribution in [2.24, 2.45) is 5.92 Å². The first-order chi connectivity index (χ1) is 12.2. The van der Waals surface area contributed by atoms with E-state index in [1.807, 2.05) is 36.4 Å². The molecule has 2 aliphatic carbocycles. The number of carbonyl (C=O) groups is 2. The molecule has 0 saturated carbocycles. The molecule has 3 aliphatic rings. The molecule has 4 nitrogen and oxygen atoms in total. The largest absolute Gasteiger partial charge is 0.452 e. The number of fused-ring (bicyclic) bond motifs is 5. The Hall–Kier alpha value is -2.98. The topological polar surface area (TPSA) is 52.6 Å². The molecule has 0 spiro atoms. The third-order valence-electron chi connectivity index (χ3n) is 5.19. The molecule has 122 valence electrons. The fourth-order valence-corrected chi connectivity index (χ4v) is 4.04. The molecule has 0 fully saturated rings. The molecule has 1 aliphatic heterocycles. The number of methoxy groups -OCH3 is 1. The summed E-state index contributed by atoms with van der Waals surface area (Å²) in [6, 6.07) is 14.6. The summed E-state index contributed by atoms with van der Waals surface area (Å²) in [4.78, 5) is 26.0. The number of hydrogen-bond acceptors (Lipinski definition) is 4. The van der Waals surface area contributed by atoms with E-state index in [4.69, 9.17) is 9.47 Å². The van der Waals surface area contributed by atoms with Gasteiger partial charge in [-0.05, 0) is 5.56 Å². The van der Waals surface area contributed by atoms with Gasteiger partial charge < -0.3 is 9.47 Å². The van der Waals surface area contributed by atoms with Gasteiger partial charge in [0.05, 0.1) is 11.5 Å². The molecule has 2 aromatic rings. The van der Waals surface area contributed by atoms with Gasteiger partial charge in [-0.2, -0.15) is 0 Å². The zero-order valence-electron chi connectivity index (χ0n) is 13.5. The summed E-state index contributed by atoms with van der Waals surface area (Å²) in [6.45, 7) is 0. The van der Waals surface area contributed by atoms with Gasteiger partial charge in [0.1, 0.15) is 0 Å². The Morgan fingerprint density at radius 2 is 1.64 bits per heavy atom. The van der Waals surface area contributed by atoms with Gasteiger partial charge in [-0.25, -0.2) is 0 Å². The van der Waals surface area contributed by atoms with E-state index >= 15 is 0 Å². The van der Waals surface area contributed by atoms with Gasteiger partial charge in [0, 0.05) is 23.8 Å². The van der Waals surface area contributed by atoms with E-state index < -0.39 is 11.7 Å². The number of ether oxygens (including phenoxy) is 2. The lowest BCUT2D eigenvalue weighted by Gasteiger charge is -2.36. The van der Waals surface area contributed by atoms with Crippen LogP contribution in [-0.4, -0.2) is 18.7 Å². The molecule has 0 amide bonds. The number of ketones is 2. The third kappa shape index (κ3) is 1.64. The number of hydrogen-bond donors (Lipinski definition) is 0. The SMILES string of the molecule is CO[C@]12OC3=C(C(=O)c4ccccc4C3=O)[C@H]1C=Cc1ccccc12. The number of benzene rings is 2. The maximum Gasteiger partial charge on any atom is 0.248 e. The van der Waals surface area contributed by atoms with Crippen LogP contribution in [0.4, 0.5) is 0 Å². The van der Waals surface area contributed by atoms with Crippen molar-refractivity contribution in [3.8, 4) is 0 Å². The summed E-state index contributed by atoms with van der Waals surface area (Å²) in [5.41, 5.74) is 2.97. The van der Waals surface area contributed by atoms with Gasteiger partial charge >= 0.3 is 0 Å². The second-order valence-corrected chi connectivity index (χ2v) is 6.34. The molecular weight excluding hydrogens is 316 g/mol. The average Bonchev–Trinajstić information content (AvgIpc) is 3.02. The summed E-state index contributed by atoms with van der Waals surface area (Å²) in [5.74, 6) is -1.95. The summed E-state index contributed by atoms with van der Waals surface area (Å²) in [7, 11) is 1.55. The molecule has 5 rings (SSSR count). The summed E-state index contributed by atoms with van der Waals surface area (Å²) < 4.78 is 11.9. The molecule has 0 saturated heterocycles. The molecule has 0 aromatic heterocycles. The van der Waals surface area contributed by atoms with Crippen LogP contribution >= 0.6 is 0 Å². The molecule has 0 bridgehead atoms. The van der Waals surface area contributed by atoms with Gasteiger partial charge in [0.2, 0.25) is 11.6 Å². The van der Waals surface area contributed by atoms with E-state index in [1.54, 1.807) is 31.4 Å². The molecule has 0 radical (unpaired) electrons. The first kappa shape index (κ1) is 14.4. The molecule has 1 heterocycles. The summed E-state index contributed by atoms with van der Waals surface area (Å²) in [6.07, 6.45) is 3.85. The third-order valence-corrected chi connectivity index (χ3v) is 5.19. The Bertz CT molecular complexity index is 1010. The van der Waals surface area contributed by atoms with Crippen LogP contribution in [0.5, 0.6) is 0 Å². The normalized spacial score (nSPS) is 25.9. The standard InChI is InChI=1S/C21H14O4/c1-24-21-15-9-5-2-6-12(15)10-11-16(21)17-18(22)13-7-3-4-8-14(13)19(23)20(17)25-21/h2-11,16H,1H3/t16-,21-/m1/s1. The number of Topliss-reactive ketones (excluding diaryl/α,β-unsaturated/α-hetero) is 2.